The summed E-state index contributed by atoms with van der Waals surface area (Å²) in [6.45, 7) is 12.5. The van der Waals surface area contributed by atoms with E-state index in [9.17, 15) is 0 Å². The standard InChI is InChI=1S/C24H32N2/c1-17(2)20-5-7-23-16-26(11-9-22(23)12-20)15-18(3)21-6-4-19-8-10-25-14-24(19)13-21/h4-7,12-13,17-18,25H,8-11,14-16H2,1-3H3. The molecule has 2 nitrogen and oxygen atoms in total. The number of fused-ring (bicyclic) bond motifs is 2. The van der Waals surface area contributed by atoms with Gasteiger partial charge in [-0.2, -0.15) is 0 Å². The summed E-state index contributed by atoms with van der Waals surface area (Å²) in [7, 11) is 0. The Labute approximate surface area is 158 Å². The molecule has 0 bridgehead atoms. The Kier molecular flexibility index (Phi) is 5.15. The highest BCUT2D eigenvalue weighted by atomic mass is 15.1. The van der Waals surface area contributed by atoms with Gasteiger partial charge in [0.25, 0.3) is 0 Å². The van der Waals surface area contributed by atoms with Crippen LogP contribution in [0.15, 0.2) is 36.4 Å². The topological polar surface area (TPSA) is 15.3 Å². The Bertz CT molecular complexity index is 778. The van der Waals surface area contributed by atoms with Crippen molar-refractivity contribution in [1.82, 2.24) is 10.2 Å². The lowest BCUT2D eigenvalue weighted by Gasteiger charge is -2.32. The molecule has 4 rings (SSSR count). The van der Waals surface area contributed by atoms with Crippen LogP contribution in [-0.4, -0.2) is 24.5 Å². The van der Waals surface area contributed by atoms with Crippen molar-refractivity contribution < 1.29 is 0 Å². The molecule has 1 atom stereocenters. The van der Waals surface area contributed by atoms with Gasteiger partial charge in [-0.3, -0.25) is 4.90 Å². The Morgan fingerprint density at radius 3 is 2.50 bits per heavy atom. The fourth-order valence-corrected chi connectivity index (χ4v) is 4.45. The van der Waals surface area contributed by atoms with Gasteiger partial charge in [0.15, 0.2) is 0 Å². The molecule has 0 aromatic heterocycles. The fraction of sp³-hybridized carbons (Fsp3) is 0.500. The molecule has 2 heteroatoms. The molecule has 2 heterocycles. The van der Waals surface area contributed by atoms with Crippen LogP contribution < -0.4 is 5.32 Å². The van der Waals surface area contributed by atoms with E-state index in [4.69, 9.17) is 0 Å². The third-order valence-electron chi connectivity index (χ3n) is 6.21. The number of hydrogen-bond acceptors (Lipinski definition) is 2. The second-order valence-electron chi connectivity index (χ2n) is 8.52. The van der Waals surface area contributed by atoms with Crippen LogP contribution >= 0.6 is 0 Å². The Morgan fingerprint density at radius 2 is 1.65 bits per heavy atom. The van der Waals surface area contributed by atoms with Crippen LogP contribution in [0.4, 0.5) is 0 Å². The smallest absolute Gasteiger partial charge is 0.0236 e. The first-order valence-corrected chi connectivity index (χ1v) is 10.3. The van der Waals surface area contributed by atoms with Gasteiger partial charge < -0.3 is 5.32 Å². The fourth-order valence-electron chi connectivity index (χ4n) is 4.45. The zero-order valence-corrected chi connectivity index (χ0v) is 16.5. The third-order valence-corrected chi connectivity index (χ3v) is 6.21. The summed E-state index contributed by atoms with van der Waals surface area (Å²) < 4.78 is 0. The zero-order valence-electron chi connectivity index (χ0n) is 16.5. The van der Waals surface area contributed by atoms with Crippen LogP contribution in [0.2, 0.25) is 0 Å². The number of hydrogen-bond donors (Lipinski definition) is 1. The highest BCUT2D eigenvalue weighted by molar-refractivity contribution is 5.36. The van der Waals surface area contributed by atoms with Gasteiger partial charge in [-0.25, -0.2) is 0 Å². The molecule has 138 valence electrons. The van der Waals surface area contributed by atoms with E-state index in [0.717, 1.165) is 26.2 Å². The largest absolute Gasteiger partial charge is 0.312 e. The third kappa shape index (κ3) is 3.72. The molecular formula is C24H32N2. The van der Waals surface area contributed by atoms with Gasteiger partial charge >= 0.3 is 0 Å². The summed E-state index contributed by atoms with van der Waals surface area (Å²) in [5.41, 5.74) is 9.11. The average Bonchev–Trinajstić information content (AvgIpc) is 2.67. The molecule has 2 aromatic rings. The molecule has 0 aliphatic carbocycles. The summed E-state index contributed by atoms with van der Waals surface area (Å²) >= 11 is 0. The second kappa shape index (κ2) is 7.54. The summed E-state index contributed by atoms with van der Waals surface area (Å²) in [4.78, 5) is 2.64. The Balaban J connectivity index is 1.43. The minimum atomic E-state index is 0.582. The first kappa shape index (κ1) is 17.8. The monoisotopic (exact) mass is 348 g/mol. The number of rotatable bonds is 4. The maximum atomic E-state index is 3.50. The van der Waals surface area contributed by atoms with E-state index >= 15 is 0 Å². The summed E-state index contributed by atoms with van der Waals surface area (Å²) in [5, 5.41) is 3.50. The van der Waals surface area contributed by atoms with Gasteiger partial charge in [-0.15, -0.1) is 0 Å². The molecule has 1 N–H and O–H groups in total. The lowest BCUT2D eigenvalue weighted by molar-refractivity contribution is 0.242. The SMILES string of the molecule is CC(C)c1ccc2c(c1)CCN(CC(C)c1ccc3c(c1)CNCC3)C2. The maximum absolute atomic E-state index is 3.50. The maximum Gasteiger partial charge on any atom is 0.0236 e. The molecule has 2 aromatic carbocycles. The van der Waals surface area contributed by atoms with Crippen molar-refractivity contribution in [2.45, 2.75) is 58.5 Å². The zero-order chi connectivity index (χ0) is 18.1. The van der Waals surface area contributed by atoms with Crippen LogP contribution in [-0.2, 0) is 25.9 Å². The Morgan fingerprint density at radius 1 is 0.885 bits per heavy atom. The van der Waals surface area contributed by atoms with E-state index in [1.807, 2.05) is 0 Å². The average molecular weight is 349 g/mol. The lowest BCUT2D eigenvalue weighted by Crippen LogP contribution is -2.33. The molecule has 1 unspecified atom stereocenters. The molecule has 2 aliphatic rings. The van der Waals surface area contributed by atoms with Crippen molar-refractivity contribution in [1.29, 1.82) is 0 Å². The van der Waals surface area contributed by atoms with Gasteiger partial charge in [0, 0.05) is 26.2 Å². The van der Waals surface area contributed by atoms with Crippen LogP contribution in [0.3, 0.4) is 0 Å². The molecule has 26 heavy (non-hydrogen) atoms. The van der Waals surface area contributed by atoms with Crippen LogP contribution in [0.25, 0.3) is 0 Å². The first-order chi connectivity index (χ1) is 12.6. The summed E-state index contributed by atoms with van der Waals surface area (Å²) in [6.07, 6.45) is 2.36. The van der Waals surface area contributed by atoms with Gasteiger partial charge in [0.1, 0.15) is 0 Å². The molecule has 0 saturated carbocycles. The summed E-state index contributed by atoms with van der Waals surface area (Å²) in [5.74, 6) is 1.20. The van der Waals surface area contributed by atoms with E-state index in [1.165, 1.54) is 47.2 Å². The van der Waals surface area contributed by atoms with Gasteiger partial charge in [-0.05, 0) is 64.6 Å². The first-order valence-electron chi connectivity index (χ1n) is 10.3. The van der Waals surface area contributed by atoms with Crippen molar-refractivity contribution in [3.63, 3.8) is 0 Å². The highest BCUT2D eigenvalue weighted by Crippen LogP contribution is 2.27. The summed E-state index contributed by atoms with van der Waals surface area (Å²) in [6, 6.07) is 14.3. The minimum Gasteiger partial charge on any atom is -0.312 e. The predicted molar refractivity (Wildman–Crippen MR) is 110 cm³/mol. The lowest BCUT2D eigenvalue weighted by atomic mass is 9.91. The minimum absolute atomic E-state index is 0.582. The van der Waals surface area contributed by atoms with Crippen molar-refractivity contribution in [2.75, 3.05) is 19.6 Å². The van der Waals surface area contributed by atoms with E-state index in [2.05, 4.69) is 67.4 Å². The number of benzene rings is 2. The molecule has 0 amide bonds. The van der Waals surface area contributed by atoms with Gasteiger partial charge in [0.05, 0.1) is 0 Å². The predicted octanol–water partition coefficient (Wildman–Crippen LogP) is 4.62. The van der Waals surface area contributed by atoms with E-state index in [-0.39, 0.29) is 0 Å². The molecule has 0 fully saturated rings. The quantitative estimate of drug-likeness (QED) is 0.867. The molecule has 0 saturated heterocycles. The van der Waals surface area contributed by atoms with E-state index in [1.54, 1.807) is 5.56 Å². The van der Waals surface area contributed by atoms with Crippen LogP contribution in [0.5, 0.6) is 0 Å². The molecular weight excluding hydrogens is 316 g/mol. The van der Waals surface area contributed by atoms with E-state index in [0.29, 0.717) is 11.8 Å². The van der Waals surface area contributed by atoms with Crippen molar-refractivity contribution in [3.05, 3.63) is 69.8 Å². The van der Waals surface area contributed by atoms with Gasteiger partial charge in [0.2, 0.25) is 0 Å². The van der Waals surface area contributed by atoms with Crippen molar-refractivity contribution >= 4 is 0 Å². The molecule has 2 aliphatic heterocycles. The number of nitrogens with zero attached hydrogens (tertiary/aromatic N) is 1. The van der Waals surface area contributed by atoms with Crippen LogP contribution in [0.1, 0.15) is 66.0 Å². The Hall–Kier alpha value is -1.64. The van der Waals surface area contributed by atoms with E-state index < -0.39 is 0 Å². The molecule has 0 radical (unpaired) electrons. The van der Waals surface area contributed by atoms with Gasteiger partial charge in [-0.1, -0.05) is 57.2 Å². The normalized spacial score (nSPS) is 18.5. The van der Waals surface area contributed by atoms with Crippen molar-refractivity contribution in [3.8, 4) is 0 Å². The van der Waals surface area contributed by atoms with Crippen LogP contribution in [0, 0.1) is 0 Å². The highest BCUT2D eigenvalue weighted by Gasteiger charge is 2.20. The molecule has 0 spiro atoms. The second-order valence-corrected chi connectivity index (χ2v) is 8.52. The van der Waals surface area contributed by atoms with Crippen molar-refractivity contribution in [2.24, 2.45) is 0 Å². The number of nitrogens with one attached hydrogen (secondary N) is 1.